The highest BCUT2D eigenvalue weighted by Gasteiger charge is 2.43. The molecule has 2 aromatic carbocycles. The summed E-state index contributed by atoms with van der Waals surface area (Å²) in [6.07, 6.45) is 0.115. The Bertz CT molecular complexity index is 1510. The molecule has 3 aromatic rings. The van der Waals surface area contributed by atoms with Gasteiger partial charge in [-0.1, -0.05) is 71.1 Å². The van der Waals surface area contributed by atoms with E-state index in [-0.39, 0.29) is 36.2 Å². The molecule has 0 bridgehead atoms. The smallest absolute Gasteiger partial charge is 0.419 e. The van der Waals surface area contributed by atoms with Crippen molar-refractivity contribution in [3.8, 4) is 5.75 Å². The molecule has 0 aliphatic heterocycles. The molecular formula is C33H38IN3O9S. The number of ether oxygens (including phenoxy) is 4. The number of hydrogen-bond donors (Lipinski definition) is 2. The van der Waals surface area contributed by atoms with Crippen molar-refractivity contribution >= 4 is 63.5 Å². The average molecular weight is 780 g/mol. The lowest BCUT2D eigenvalue weighted by Crippen LogP contribution is -2.56. The molecule has 12 nitrogen and oxygen atoms in total. The molecular weight excluding hydrogens is 741 g/mol. The van der Waals surface area contributed by atoms with Gasteiger partial charge >= 0.3 is 6.16 Å². The number of aromatic nitrogens is 1. The molecule has 4 atom stereocenters. The zero-order valence-corrected chi connectivity index (χ0v) is 29.5. The summed E-state index contributed by atoms with van der Waals surface area (Å²) in [5, 5.41) is 6.13. The second kappa shape index (κ2) is 18.6. The minimum absolute atomic E-state index is 0.0618. The zero-order chi connectivity index (χ0) is 34.4. The lowest BCUT2D eigenvalue weighted by Gasteiger charge is -2.31. The van der Waals surface area contributed by atoms with Crippen LogP contribution in [0.15, 0.2) is 66.9 Å². The van der Waals surface area contributed by atoms with E-state index >= 15 is 0 Å². The van der Waals surface area contributed by atoms with Crippen molar-refractivity contribution < 1.29 is 42.9 Å². The number of para-hydroxylation sites is 1. The fourth-order valence-corrected chi connectivity index (χ4v) is 5.75. The Labute approximate surface area is 291 Å². The molecule has 1 heterocycles. The molecule has 47 heavy (non-hydrogen) atoms. The van der Waals surface area contributed by atoms with Crippen LogP contribution in [0, 0.1) is 12.8 Å². The summed E-state index contributed by atoms with van der Waals surface area (Å²) in [6.45, 7) is 2.95. The maximum absolute atomic E-state index is 14.1. The summed E-state index contributed by atoms with van der Waals surface area (Å²) in [5.41, 5.74) is -0.927. The number of alkyl halides is 1. The fraction of sp³-hybridized carbons (Fsp3) is 0.394. The van der Waals surface area contributed by atoms with Gasteiger partial charge in [-0.05, 0) is 38.0 Å². The van der Waals surface area contributed by atoms with Crippen molar-refractivity contribution in [2.45, 2.75) is 44.4 Å². The Morgan fingerprint density at radius 2 is 1.55 bits per heavy atom. The maximum Gasteiger partial charge on any atom is 0.514 e. The van der Waals surface area contributed by atoms with E-state index in [1.807, 2.05) is 28.7 Å². The van der Waals surface area contributed by atoms with Gasteiger partial charge in [-0.25, -0.2) is 9.78 Å². The Hall–Kier alpha value is -3.73. The molecule has 0 unspecified atom stereocenters. The summed E-state index contributed by atoms with van der Waals surface area (Å²) >= 11 is 3.12. The molecule has 0 saturated carbocycles. The number of nitrogens with one attached hydrogen (secondary N) is 2. The van der Waals surface area contributed by atoms with E-state index in [1.165, 1.54) is 38.7 Å². The number of ketones is 2. The van der Waals surface area contributed by atoms with Gasteiger partial charge in [0.2, 0.25) is 5.91 Å². The lowest BCUT2D eigenvalue weighted by atomic mass is 9.91. The minimum Gasteiger partial charge on any atom is -0.419 e. The van der Waals surface area contributed by atoms with E-state index < -0.39 is 53.1 Å². The van der Waals surface area contributed by atoms with Gasteiger partial charge in [-0.2, -0.15) is 0 Å². The SMILES string of the molecule is COC[C@H](CC(=O)[C@H](COC)NC(=O)c1cnc(C)s1)C(=O)N[C@@H](Cc1ccccc1)C(=O)[C@@](C)(CI)OC(=O)Oc1ccccc1. The van der Waals surface area contributed by atoms with E-state index in [0.29, 0.717) is 9.88 Å². The first-order chi connectivity index (χ1) is 22.5. The predicted molar refractivity (Wildman–Crippen MR) is 183 cm³/mol. The van der Waals surface area contributed by atoms with Gasteiger partial charge in [0.25, 0.3) is 5.91 Å². The number of aryl methyl sites for hydroxylation is 1. The fourth-order valence-electron chi connectivity index (χ4n) is 4.54. The third-order valence-electron chi connectivity index (χ3n) is 7.00. The molecule has 0 aliphatic rings. The van der Waals surface area contributed by atoms with Crippen LogP contribution in [0.25, 0.3) is 0 Å². The van der Waals surface area contributed by atoms with Crippen LogP contribution in [0.5, 0.6) is 5.75 Å². The second-order valence-electron chi connectivity index (χ2n) is 10.8. The van der Waals surface area contributed by atoms with Gasteiger partial charge in [0.15, 0.2) is 17.2 Å². The average Bonchev–Trinajstić information content (AvgIpc) is 3.50. The molecule has 14 heteroatoms. The first kappa shape index (κ1) is 37.7. The lowest BCUT2D eigenvalue weighted by molar-refractivity contribution is -0.141. The van der Waals surface area contributed by atoms with Crippen molar-refractivity contribution in [1.82, 2.24) is 15.6 Å². The Kier molecular flexibility index (Phi) is 14.9. The first-order valence-electron chi connectivity index (χ1n) is 14.6. The number of hydrogen-bond acceptors (Lipinski definition) is 11. The van der Waals surface area contributed by atoms with Crippen molar-refractivity contribution in [2.24, 2.45) is 5.92 Å². The molecule has 3 rings (SSSR count). The highest BCUT2D eigenvalue weighted by Crippen LogP contribution is 2.22. The van der Waals surface area contributed by atoms with Crippen LogP contribution in [0.2, 0.25) is 0 Å². The van der Waals surface area contributed by atoms with E-state index in [0.717, 1.165) is 5.56 Å². The number of amides is 2. The molecule has 1 aromatic heterocycles. The number of thiazole rings is 1. The summed E-state index contributed by atoms with van der Waals surface area (Å²) in [6, 6.07) is 15.1. The minimum atomic E-state index is -1.67. The quantitative estimate of drug-likeness (QED) is 0.0833. The Balaban J connectivity index is 1.80. The van der Waals surface area contributed by atoms with Crippen molar-refractivity contribution in [2.75, 3.05) is 31.9 Å². The van der Waals surface area contributed by atoms with Crippen LogP contribution in [-0.2, 0) is 35.0 Å². The van der Waals surface area contributed by atoms with Gasteiger partial charge in [-0.15, -0.1) is 11.3 Å². The van der Waals surface area contributed by atoms with E-state index in [9.17, 15) is 24.0 Å². The number of halogens is 1. The predicted octanol–water partition coefficient (Wildman–Crippen LogP) is 4.12. The summed E-state index contributed by atoms with van der Waals surface area (Å²) < 4.78 is 21.3. The maximum atomic E-state index is 14.1. The van der Waals surface area contributed by atoms with Crippen LogP contribution in [0.1, 0.15) is 33.6 Å². The molecule has 0 fully saturated rings. The van der Waals surface area contributed by atoms with Crippen LogP contribution in [-0.4, -0.2) is 84.1 Å². The monoisotopic (exact) mass is 779 g/mol. The number of nitrogens with zero attached hydrogens (tertiary/aromatic N) is 1. The summed E-state index contributed by atoms with van der Waals surface area (Å²) in [4.78, 5) is 71.0. The first-order valence-corrected chi connectivity index (χ1v) is 17.0. The number of rotatable bonds is 18. The molecule has 0 saturated heterocycles. The van der Waals surface area contributed by atoms with E-state index in [4.69, 9.17) is 18.9 Å². The molecule has 0 aliphatic carbocycles. The number of carbonyl (C=O) groups is 5. The number of carbonyl (C=O) groups excluding carboxylic acids is 5. The number of benzene rings is 2. The third-order valence-corrected chi connectivity index (χ3v) is 9.37. The number of methoxy groups -OCH3 is 2. The van der Waals surface area contributed by atoms with Gasteiger partial charge in [0.05, 0.1) is 36.4 Å². The zero-order valence-electron chi connectivity index (χ0n) is 26.5. The summed E-state index contributed by atoms with van der Waals surface area (Å²) in [7, 11) is 2.78. The molecule has 2 amide bonds. The Morgan fingerprint density at radius 1 is 0.915 bits per heavy atom. The molecule has 0 radical (unpaired) electrons. The van der Waals surface area contributed by atoms with Crippen molar-refractivity contribution in [1.29, 1.82) is 0 Å². The number of Topliss-reactive ketones (excluding diaryl/α,β-unsaturated/α-hetero) is 2. The standard InChI is InChI=1S/C33H38IN3O9S/c1-21-35-17-28(47-21)31(41)37-26(19-44-4)27(38)16-23(18-43-3)30(40)36-25(15-22-11-7-5-8-12-22)29(39)33(2,20-34)46-32(42)45-24-13-9-6-10-14-24/h5-14,17,23,25-26H,15-16,18-20H2,1-4H3,(H,36,40)(H,37,41)/t23-,25-,26-,33+/m0/s1. The van der Waals surface area contributed by atoms with Gasteiger partial charge in [0, 0.05) is 25.1 Å². The Morgan fingerprint density at radius 3 is 2.13 bits per heavy atom. The van der Waals surface area contributed by atoms with Crippen molar-refractivity contribution in [3.63, 3.8) is 0 Å². The third kappa shape index (κ3) is 11.5. The van der Waals surface area contributed by atoms with Crippen molar-refractivity contribution in [3.05, 3.63) is 82.3 Å². The van der Waals surface area contributed by atoms with E-state index in [2.05, 4.69) is 15.6 Å². The highest BCUT2D eigenvalue weighted by atomic mass is 127. The molecule has 0 spiro atoms. The second-order valence-corrected chi connectivity index (χ2v) is 12.8. The van der Waals surface area contributed by atoms with Crippen LogP contribution in [0.3, 0.4) is 0 Å². The highest BCUT2D eigenvalue weighted by molar-refractivity contribution is 14.1. The molecule has 2 N–H and O–H groups in total. The van der Waals surface area contributed by atoms with Crippen LogP contribution >= 0.6 is 33.9 Å². The molecule has 252 valence electrons. The van der Waals surface area contributed by atoms with Gasteiger partial charge < -0.3 is 29.6 Å². The summed E-state index contributed by atoms with van der Waals surface area (Å²) in [5.74, 6) is -2.93. The van der Waals surface area contributed by atoms with E-state index in [1.54, 1.807) is 61.5 Å². The van der Waals surface area contributed by atoms with Crippen LogP contribution < -0.4 is 15.4 Å². The normalized spacial score (nSPS) is 14.1. The topological polar surface area (TPSA) is 159 Å². The van der Waals surface area contributed by atoms with Crippen LogP contribution in [0.4, 0.5) is 4.79 Å². The van der Waals surface area contributed by atoms with Gasteiger partial charge in [-0.3, -0.25) is 19.2 Å². The largest absolute Gasteiger partial charge is 0.514 e. The van der Waals surface area contributed by atoms with Gasteiger partial charge in [0.1, 0.15) is 16.7 Å².